The molecule has 0 aromatic heterocycles. The van der Waals surface area contributed by atoms with Crippen LogP contribution in [0.1, 0.15) is 12.0 Å². The lowest BCUT2D eigenvalue weighted by Crippen LogP contribution is -2.43. The van der Waals surface area contributed by atoms with E-state index in [2.05, 4.69) is 28.4 Å². The lowest BCUT2D eigenvalue weighted by atomic mass is 10.0. The van der Waals surface area contributed by atoms with Crippen molar-refractivity contribution in [2.45, 2.75) is 6.42 Å². The van der Waals surface area contributed by atoms with Gasteiger partial charge in [-0.25, -0.2) is 0 Å². The molecule has 1 fully saturated rings. The zero-order valence-electron chi connectivity index (χ0n) is 13.9. The summed E-state index contributed by atoms with van der Waals surface area (Å²) in [6.07, 6.45) is 1.05. The van der Waals surface area contributed by atoms with Crippen LogP contribution in [0.5, 0.6) is 5.75 Å². The number of rotatable bonds is 6. The number of ether oxygens (including phenoxy) is 1. The molecule has 1 aliphatic rings. The summed E-state index contributed by atoms with van der Waals surface area (Å²) in [7, 11) is 0. The molecule has 0 aliphatic carbocycles. The van der Waals surface area contributed by atoms with Crippen LogP contribution in [0.2, 0.25) is 0 Å². The van der Waals surface area contributed by atoms with Crippen molar-refractivity contribution in [3.63, 3.8) is 0 Å². The molecular formula is C20H23N3O. The fourth-order valence-corrected chi connectivity index (χ4v) is 2.89. The van der Waals surface area contributed by atoms with E-state index in [9.17, 15) is 0 Å². The zero-order valence-corrected chi connectivity index (χ0v) is 13.9. The van der Waals surface area contributed by atoms with Gasteiger partial charge in [-0.15, -0.1) is 0 Å². The molecule has 0 atom stereocenters. The summed E-state index contributed by atoms with van der Waals surface area (Å²) in [5, 5.41) is 12.2. The van der Waals surface area contributed by atoms with Crippen molar-refractivity contribution in [1.29, 1.82) is 5.26 Å². The maximum Gasteiger partial charge on any atom is 0.119 e. The van der Waals surface area contributed by atoms with E-state index in [1.807, 2.05) is 36.4 Å². The molecule has 24 heavy (non-hydrogen) atoms. The third-order valence-electron chi connectivity index (χ3n) is 4.30. The Morgan fingerprint density at radius 2 is 1.58 bits per heavy atom. The number of nitriles is 1. The van der Waals surface area contributed by atoms with Gasteiger partial charge in [-0.1, -0.05) is 24.3 Å². The van der Waals surface area contributed by atoms with Crippen LogP contribution < -0.4 is 10.1 Å². The smallest absolute Gasteiger partial charge is 0.119 e. The molecule has 4 nitrogen and oxygen atoms in total. The molecular weight excluding hydrogens is 298 g/mol. The highest BCUT2D eigenvalue weighted by molar-refractivity contribution is 5.64. The van der Waals surface area contributed by atoms with Crippen LogP contribution in [0.3, 0.4) is 0 Å². The van der Waals surface area contributed by atoms with E-state index in [0.717, 1.165) is 62.6 Å². The minimum atomic E-state index is 0.684. The molecule has 0 spiro atoms. The van der Waals surface area contributed by atoms with Crippen molar-refractivity contribution in [3.8, 4) is 22.9 Å². The average molecular weight is 321 g/mol. The fourth-order valence-electron chi connectivity index (χ4n) is 2.89. The Labute approximate surface area is 143 Å². The Morgan fingerprint density at radius 1 is 0.958 bits per heavy atom. The van der Waals surface area contributed by atoms with Crippen molar-refractivity contribution in [1.82, 2.24) is 10.2 Å². The van der Waals surface area contributed by atoms with E-state index in [-0.39, 0.29) is 0 Å². The summed E-state index contributed by atoms with van der Waals surface area (Å²) in [5.74, 6) is 0.910. The molecule has 0 amide bonds. The number of benzene rings is 2. The molecule has 2 aromatic carbocycles. The molecule has 1 heterocycles. The van der Waals surface area contributed by atoms with Crippen LogP contribution in [0.4, 0.5) is 0 Å². The molecule has 1 saturated heterocycles. The molecule has 1 N–H and O–H groups in total. The van der Waals surface area contributed by atoms with Crippen LogP contribution in [0.25, 0.3) is 11.1 Å². The number of nitrogens with one attached hydrogen (secondary N) is 1. The fraction of sp³-hybridized carbons (Fsp3) is 0.350. The highest BCUT2D eigenvalue weighted by Gasteiger charge is 2.08. The van der Waals surface area contributed by atoms with Gasteiger partial charge in [-0.05, 0) is 41.8 Å². The largest absolute Gasteiger partial charge is 0.494 e. The maximum absolute atomic E-state index is 8.85. The number of hydrogen-bond acceptors (Lipinski definition) is 4. The minimum Gasteiger partial charge on any atom is -0.494 e. The molecule has 0 unspecified atom stereocenters. The second-order valence-corrected chi connectivity index (χ2v) is 6.01. The molecule has 2 aromatic rings. The molecule has 4 heteroatoms. The van der Waals surface area contributed by atoms with Crippen LogP contribution in [-0.4, -0.2) is 44.2 Å². The monoisotopic (exact) mass is 321 g/mol. The van der Waals surface area contributed by atoms with Crippen molar-refractivity contribution < 1.29 is 4.74 Å². The number of hydrogen-bond donors (Lipinski definition) is 1. The van der Waals surface area contributed by atoms with Gasteiger partial charge in [0.2, 0.25) is 0 Å². The summed E-state index contributed by atoms with van der Waals surface area (Å²) in [6, 6.07) is 17.9. The van der Waals surface area contributed by atoms with Crippen molar-refractivity contribution in [2.24, 2.45) is 0 Å². The third-order valence-corrected chi connectivity index (χ3v) is 4.30. The van der Waals surface area contributed by atoms with E-state index in [0.29, 0.717) is 5.56 Å². The molecule has 0 radical (unpaired) electrons. The normalized spacial score (nSPS) is 15.0. The van der Waals surface area contributed by atoms with Gasteiger partial charge < -0.3 is 15.0 Å². The zero-order chi connectivity index (χ0) is 16.6. The first-order chi connectivity index (χ1) is 11.8. The summed E-state index contributed by atoms with van der Waals surface area (Å²) in [6.45, 7) is 6.32. The van der Waals surface area contributed by atoms with Gasteiger partial charge in [-0.3, -0.25) is 0 Å². The summed E-state index contributed by atoms with van der Waals surface area (Å²) in [5.41, 5.74) is 2.93. The van der Waals surface area contributed by atoms with Crippen LogP contribution >= 0.6 is 0 Å². The number of nitrogens with zero attached hydrogens (tertiary/aromatic N) is 2. The highest BCUT2D eigenvalue weighted by Crippen LogP contribution is 2.22. The molecule has 0 bridgehead atoms. The van der Waals surface area contributed by atoms with Crippen LogP contribution in [0.15, 0.2) is 48.5 Å². The van der Waals surface area contributed by atoms with E-state index in [1.165, 1.54) is 0 Å². The Balaban J connectivity index is 1.46. The van der Waals surface area contributed by atoms with Crippen molar-refractivity contribution >= 4 is 0 Å². The first-order valence-corrected chi connectivity index (χ1v) is 8.51. The second kappa shape index (κ2) is 8.49. The Kier molecular flexibility index (Phi) is 5.84. The van der Waals surface area contributed by atoms with E-state index in [1.54, 1.807) is 0 Å². The minimum absolute atomic E-state index is 0.684. The van der Waals surface area contributed by atoms with Gasteiger partial charge in [0.1, 0.15) is 5.75 Å². The van der Waals surface area contributed by atoms with E-state index < -0.39 is 0 Å². The third kappa shape index (κ3) is 4.58. The van der Waals surface area contributed by atoms with Gasteiger partial charge in [0, 0.05) is 32.7 Å². The Hall–Kier alpha value is -2.35. The maximum atomic E-state index is 8.85. The Morgan fingerprint density at radius 3 is 2.21 bits per heavy atom. The lowest BCUT2D eigenvalue weighted by molar-refractivity contribution is 0.214. The first kappa shape index (κ1) is 16.5. The average Bonchev–Trinajstić information content (AvgIpc) is 2.67. The van der Waals surface area contributed by atoms with Gasteiger partial charge in [0.05, 0.1) is 18.2 Å². The van der Waals surface area contributed by atoms with E-state index >= 15 is 0 Å². The predicted molar refractivity (Wildman–Crippen MR) is 96.0 cm³/mol. The molecule has 3 rings (SSSR count). The van der Waals surface area contributed by atoms with E-state index in [4.69, 9.17) is 10.00 Å². The Bertz CT molecular complexity index is 668. The van der Waals surface area contributed by atoms with Crippen molar-refractivity contribution in [2.75, 3.05) is 39.3 Å². The van der Waals surface area contributed by atoms with Crippen molar-refractivity contribution in [3.05, 3.63) is 54.1 Å². The molecule has 1 aliphatic heterocycles. The SMILES string of the molecule is N#Cc1ccc(-c2ccc(OCCCN3CCNCC3)cc2)cc1. The van der Waals surface area contributed by atoms with Gasteiger partial charge in [-0.2, -0.15) is 5.26 Å². The van der Waals surface area contributed by atoms with Crippen LogP contribution in [-0.2, 0) is 0 Å². The molecule has 124 valence electrons. The highest BCUT2D eigenvalue weighted by atomic mass is 16.5. The van der Waals surface area contributed by atoms with Gasteiger partial charge >= 0.3 is 0 Å². The summed E-state index contributed by atoms with van der Waals surface area (Å²) in [4.78, 5) is 2.48. The van der Waals surface area contributed by atoms with Crippen LogP contribution in [0, 0.1) is 11.3 Å². The quantitative estimate of drug-likeness (QED) is 0.831. The predicted octanol–water partition coefficient (Wildman–Crippen LogP) is 2.90. The standard InChI is InChI=1S/C20H23N3O/c21-16-17-2-4-18(5-3-17)19-6-8-20(9-7-19)24-15-1-12-23-13-10-22-11-14-23/h2-9,22H,1,10-15H2. The van der Waals surface area contributed by atoms with Gasteiger partial charge in [0.25, 0.3) is 0 Å². The van der Waals surface area contributed by atoms with Gasteiger partial charge in [0.15, 0.2) is 0 Å². The topological polar surface area (TPSA) is 48.3 Å². The summed E-state index contributed by atoms with van der Waals surface area (Å²) < 4.78 is 5.84. The number of piperazine rings is 1. The second-order valence-electron chi connectivity index (χ2n) is 6.01. The summed E-state index contributed by atoms with van der Waals surface area (Å²) >= 11 is 0. The lowest BCUT2D eigenvalue weighted by Gasteiger charge is -2.26. The first-order valence-electron chi connectivity index (χ1n) is 8.51. The molecule has 0 saturated carbocycles.